The van der Waals surface area contributed by atoms with Crippen molar-refractivity contribution >= 4 is 10.9 Å². The van der Waals surface area contributed by atoms with Crippen molar-refractivity contribution in [3.05, 3.63) is 72.2 Å². The summed E-state index contributed by atoms with van der Waals surface area (Å²) in [5, 5.41) is 4.46. The number of pyridine rings is 2. The van der Waals surface area contributed by atoms with E-state index in [9.17, 15) is 0 Å². The molecule has 94 valence electrons. The second kappa shape index (κ2) is 5.16. The van der Waals surface area contributed by atoms with E-state index in [4.69, 9.17) is 0 Å². The predicted molar refractivity (Wildman–Crippen MR) is 76.9 cm³/mol. The van der Waals surface area contributed by atoms with Gasteiger partial charge in [0.1, 0.15) is 0 Å². The summed E-state index contributed by atoms with van der Waals surface area (Å²) in [6.07, 6.45) is 3.64. The predicted octanol–water partition coefficient (Wildman–Crippen LogP) is 2.94. The van der Waals surface area contributed by atoms with E-state index in [1.165, 1.54) is 5.56 Å². The van der Waals surface area contributed by atoms with Crippen molar-refractivity contribution < 1.29 is 0 Å². The molecule has 19 heavy (non-hydrogen) atoms. The van der Waals surface area contributed by atoms with E-state index in [2.05, 4.69) is 39.6 Å². The molecule has 1 N–H and O–H groups in total. The highest BCUT2D eigenvalue weighted by molar-refractivity contribution is 5.79. The van der Waals surface area contributed by atoms with Crippen LogP contribution in [0.5, 0.6) is 0 Å². The maximum absolute atomic E-state index is 4.42. The van der Waals surface area contributed by atoms with Gasteiger partial charge in [0.2, 0.25) is 0 Å². The van der Waals surface area contributed by atoms with Crippen LogP contribution >= 0.6 is 0 Å². The van der Waals surface area contributed by atoms with Crippen LogP contribution < -0.4 is 5.32 Å². The zero-order valence-corrected chi connectivity index (χ0v) is 10.7. The van der Waals surface area contributed by atoms with E-state index >= 15 is 0 Å². The second-order valence-electron chi connectivity index (χ2n) is 4.43. The van der Waals surface area contributed by atoms with Crippen molar-refractivity contribution in [3.8, 4) is 0 Å². The summed E-state index contributed by atoms with van der Waals surface area (Å²) in [5.74, 6) is 0. The molecule has 1 aromatic carbocycles. The zero-order valence-electron chi connectivity index (χ0n) is 10.7. The maximum atomic E-state index is 4.42. The zero-order chi connectivity index (χ0) is 13.1. The van der Waals surface area contributed by atoms with E-state index in [1.807, 2.05) is 43.7 Å². The van der Waals surface area contributed by atoms with Gasteiger partial charge >= 0.3 is 0 Å². The Morgan fingerprint density at radius 3 is 2.63 bits per heavy atom. The third kappa shape index (κ3) is 2.33. The van der Waals surface area contributed by atoms with Crippen molar-refractivity contribution in [2.75, 3.05) is 7.05 Å². The summed E-state index contributed by atoms with van der Waals surface area (Å²) < 4.78 is 0. The number of fused-ring (bicyclic) bond motifs is 1. The quantitative estimate of drug-likeness (QED) is 0.775. The first-order valence-corrected chi connectivity index (χ1v) is 6.31. The normalized spacial score (nSPS) is 12.5. The Morgan fingerprint density at radius 1 is 0.947 bits per heavy atom. The maximum Gasteiger partial charge on any atom is 0.0749 e. The molecule has 3 aromatic rings. The lowest BCUT2D eigenvalue weighted by atomic mass is 10.0. The molecular weight excluding hydrogens is 234 g/mol. The summed E-state index contributed by atoms with van der Waals surface area (Å²) in [7, 11) is 1.95. The number of rotatable bonds is 3. The van der Waals surface area contributed by atoms with Crippen LogP contribution in [-0.2, 0) is 0 Å². The Morgan fingerprint density at radius 2 is 1.84 bits per heavy atom. The first-order chi connectivity index (χ1) is 9.38. The molecule has 3 rings (SSSR count). The average Bonchev–Trinajstić information content (AvgIpc) is 2.49. The molecular formula is C16H15N3. The summed E-state index contributed by atoms with van der Waals surface area (Å²) in [6.45, 7) is 0. The average molecular weight is 249 g/mol. The van der Waals surface area contributed by atoms with E-state index in [1.54, 1.807) is 0 Å². The molecule has 1 atom stereocenters. The van der Waals surface area contributed by atoms with Crippen molar-refractivity contribution in [3.63, 3.8) is 0 Å². The van der Waals surface area contributed by atoms with Gasteiger partial charge in [-0.05, 0) is 36.9 Å². The molecule has 0 amide bonds. The van der Waals surface area contributed by atoms with Gasteiger partial charge in [-0.15, -0.1) is 0 Å². The molecule has 0 saturated heterocycles. The number of hydrogen-bond donors (Lipinski definition) is 1. The highest BCUT2D eigenvalue weighted by Gasteiger charge is 2.13. The molecule has 0 aliphatic heterocycles. The third-order valence-electron chi connectivity index (χ3n) is 3.24. The van der Waals surface area contributed by atoms with Crippen molar-refractivity contribution in [2.45, 2.75) is 6.04 Å². The summed E-state index contributed by atoms with van der Waals surface area (Å²) in [6, 6.07) is 16.4. The van der Waals surface area contributed by atoms with Crippen molar-refractivity contribution in [1.29, 1.82) is 0 Å². The highest BCUT2D eigenvalue weighted by Crippen LogP contribution is 2.23. The Bertz CT molecular complexity index is 680. The van der Waals surface area contributed by atoms with E-state index in [0.29, 0.717) is 0 Å². The van der Waals surface area contributed by atoms with Gasteiger partial charge in [0.25, 0.3) is 0 Å². The van der Waals surface area contributed by atoms with E-state index < -0.39 is 0 Å². The minimum absolute atomic E-state index is 0.0904. The number of nitrogens with one attached hydrogen (secondary N) is 1. The summed E-state index contributed by atoms with van der Waals surface area (Å²) in [5.41, 5.74) is 3.20. The third-order valence-corrected chi connectivity index (χ3v) is 3.24. The van der Waals surface area contributed by atoms with Crippen LogP contribution in [0.25, 0.3) is 10.9 Å². The summed E-state index contributed by atoms with van der Waals surface area (Å²) in [4.78, 5) is 8.83. The van der Waals surface area contributed by atoms with Gasteiger partial charge in [-0.1, -0.05) is 24.3 Å². The van der Waals surface area contributed by atoms with Crippen LogP contribution in [0.15, 0.2) is 60.9 Å². The molecule has 1 unspecified atom stereocenters. The fraction of sp³-hybridized carbons (Fsp3) is 0.125. The van der Waals surface area contributed by atoms with Crippen molar-refractivity contribution in [2.24, 2.45) is 0 Å². The fourth-order valence-corrected chi connectivity index (χ4v) is 2.30. The SMILES string of the molecule is CNC(c1ccc2cccnc2c1)c1ccccn1. The van der Waals surface area contributed by atoms with Gasteiger partial charge in [0.05, 0.1) is 17.3 Å². The first-order valence-electron chi connectivity index (χ1n) is 6.31. The van der Waals surface area contributed by atoms with Gasteiger partial charge in [0.15, 0.2) is 0 Å². The topological polar surface area (TPSA) is 37.8 Å². The molecule has 0 spiro atoms. The van der Waals surface area contributed by atoms with Gasteiger partial charge in [-0.3, -0.25) is 9.97 Å². The number of hydrogen-bond acceptors (Lipinski definition) is 3. The Balaban J connectivity index is 2.06. The Hall–Kier alpha value is -2.26. The van der Waals surface area contributed by atoms with E-state index in [0.717, 1.165) is 16.6 Å². The molecule has 0 radical (unpaired) electrons. The largest absolute Gasteiger partial charge is 0.308 e. The van der Waals surface area contributed by atoms with Crippen molar-refractivity contribution in [1.82, 2.24) is 15.3 Å². The molecule has 3 nitrogen and oxygen atoms in total. The molecule has 0 aliphatic rings. The molecule has 2 aromatic heterocycles. The molecule has 2 heterocycles. The van der Waals surface area contributed by atoms with Crippen LogP contribution in [0, 0.1) is 0 Å². The lowest BCUT2D eigenvalue weighted by Gasteiger charge is -2.16. The van der Waals surface area contributed by atoms with Crippen LogP contribution in [0.3, 0.4) is 0 Å². The van der Waals surface area contributed by atoms with Crippen LogP contribution in [0.2, 0.25) is 0 Å². The Kier molecular flexibility index (Phi) is 3.21. The van der Waals surface area contributed by atoms with Crippen LogP contribution in [0.1, 0.15) is 17.3 Å². The second-order valence-corrected chi connectivity index (χ2v) is 4.43. The standard InChI is InChI=1S/C16H15N3/c1-17-16(14-6-2-3-9-18-14)13-8-7-12-5-4-10-19-15(12)11-13/h2-11,16-17H,1H3. The monoisotopic (exact) mass is 249 g/mol. The van der Waals surface area contributed by atoms with Gasteiger partial charge < -0.3 is 5.32 Å². The molecule has 0 aliphatic carbocycles. The fourth-order valence-electron chi connectivity index (χ4n) is 2.30. The first kappa shape index (κ1) is 11.8. The highest BCUT2D eigenvalue weighted by atomic mass is 14.9. The van der Waals surface area contributed by atoms with Crippen LogP contribution in [-0.4, -0.2) is 17.0 Å². The van der Waals surface area contributed by atoms with E-state index in [-0.39, 0.29) is 6.04 Å². The minimum atomic E-state index is 0.0904. The number of nitrogens with zero attached hydrogens (tertiary/aromatic N) is 2. The van der Waals surface area contributed by atoms with Gasteiger partial charge in [0, 0.05) is 17.8 Å². The lowest BCUT2D eigenvalue weighted by molar-refractivity contribution is 0.671. The molecule has 0 bridgehead atoms. The minimum Gasteiger partial charge on any atom is -0.308 e. The smallest absolute Gasteiger partial charge is 0.0749 e. The molecule has 0 fully saturated rings. The number of aromatic nitrogens is 2. The number of benzene rings is 1. The molecule has 3 heteroatoms. The summed E-state index contributed by atoms with van der Waals surface area (Å²) >= 11 is 0. The van der Waals surface area contributed by atoms with Crippen LogP contribution in [0.4, 0.5) is 0 Å². The van der Waals surface area contributed by atoms with Gasteiger partial charge in [-0.2, -0.15) is 0 Å². The Labute approximate surface area is 112 Å². The lowest BCUT2D eigenvalue weighted by Crippen LogP contribution is -2.18. The van der Waals surface area contributed by atoms with Gasteiger partial charge in [-0.25, -0.2) is 0 Å². The molecule has 0 saturated carbocycles.